The van der Waals surface area contributed by atoms with Crippen molar-refractivity contribution in [2.45, 2.75) is 6.92 Å². The second kappa shape index (κ2) is 2.59. The van der Waals surface area contributed by atoms with Crippen LogP contribution in [0.2, 0.25) is 0 Å². The summed E-state index contributed by atoms with van der Waals surface area (Å²) in [5, 5.41) is 0.791. The average Bonchev–Trinajstić information content (AvgIpc) is 2.29. The van der Waals surface area contributed by atoms with E-state index < -0.39 is 0 Å². The SMILES string of the molecule is Cc1cc2cc(F)cc(Br)c2o1. The van der Waals surface area contributed by atoms with Gasteiger partial charge in [0.25, 0.3) is 0 Å². The molecule has 1 aromatic heterocycles. The summed E-state index contributed by atoms with van der Waals surface area (Å²) in [6.07, 6.45) is 0. The minimum atomic E-state index is -0.254. The van der Waals surface area contributed by atoms with Gasteiger partial charge in [-0.25, -0.2) is 4.39 Å². The summed E-state index contributed by atoms with van der Waals surface area (Å²) in [7, 11) is 0. The fourth-order valence-electron chi connectivity index (χ4n) is 1.20. The highest BCUT2D eigenvalue weighted by Crippen LogP contribution is 2.27. The van der Waals surface area contributed by atoms with Crippen LogP contribution in [-0.4, -0.2) is 0 Å². The molecule has 62 valence electrons. The first kappa shape index (κ1) is 7.80. The van der Waals surface area contributed by atoms with Crippen LogP contribution in [0.25, 0.3) is 11.0 Å². The Hall–Kier alpha value is -0.830. The third kappa shape index (κ3) is 1.14. The molecule has 0 spiro atoms. The van der Waals surface area contributed by atoms with E-state index in [1.807, 2.05) is 13.0 Å². The number of hydrogen-bond donors (Lipinski definition) is 0. The summed E-state index contributed by atoms with van der Waals surface area (Å²) < 4.78 is 18.8. The van der Waals surface area contributed by atoms with E-state index in [1.54, 1.807) is 0 Å². The van der Waals surface area contributed by atoms with Crippen LogP contribution in [0.1, 0.15) is 5.76 Å². The molecular formula is C9H6BrFO. The van der Waals surface area contributed by atoms with Gasteiger partial charge in [-0.3, -0.25) is 0 Å². The van der Waals surface area contributed by atoms with Gasteiger partial charge in [0.15, 0.2) is 0 Å². The van der Waals surface area contributed by atoms with Crippen molar-refractivity contribution < 1.29 is 8.81 Å². The van der Waals surface area contributed by atoms with Crippen molar-refractivity contribution in [2.75, 3.05) is 0 Å². The molecule has 1 nitrogen and oxygen atoms in total. The first-order chi connectivity index (χ1) is 5.66. The van der Waals surface area contributed by atoms with E-state index in [0.29, 0.717) is 10.1 Å². The normalized spacial score (nSPS) is 10.9. The van der Waals surface area contributed by atoms with E-state index in [-0.39, 0.29) is 5.82 Å². The molecule has 0 aliphatic rings. The van der Waals surface area contributed by atoms with Crippen LogP contribution in [0, 0.1) is 12.7 Å². The number of furan rings is 1. The Morgan fingerprint density at radius 1 is 1.33 bits per heavy atom. The minimum absolute atomic E-state index is 0.254. The maximum atomic E-state index is 12.8. The molecule has 3 heteroatoms. The minimum Gasteiger partial charge on any atom is -0.460 e. The van der Waals surface area contributed by atoms with Crippen LogP contribution < -0.4 is 0 Å². The largest absolute Gasteiger partial charge is 0.460 e. The van der Waals surface area contributed by atoms with E-state index in [9.17, 15) is 4.39 Å². The molecule has 0 aliphatic heterocycles. The lowest BCUT2D eigenvalue weighted by Crippen LogP contribution is -1.73. The van der Waals surface area contributed by atoms with Gasteiger partial charge in [0.1, 0.15) is 17.2 Å². The molecule has 0 saturated heterocycles. The lowest BCUT2D eigenvalue weighted by atomic mass is 10.2. The highest BCUT2D eigenvalue weighted by Gasteiger charge is 2.05. The molecule has 0 amide bonds. The van der Waals surface area contributed by atoms with E-state index in [0.717, 1.165) is 11.1 Å². The zero-order valence-electron chi connectivity index (χ0n) is 6.40. The van der Waals surface area contributed by atoms with Gasteiger partial charge >= 0.3 is 0 Å². The molecule has 0 unspecified atom stereocenters. The fourth-order valence-corrected chi connectivity index (χ4v) is 1.73. The van der Waals surface area contributed by atoms with E-state index >= 15 is 0 Å². The van der Waals surface area contributed by atoms with Gasteiger partial charge in [0, 0.05) is 5.39 Å². The van der Waals surface area contributed by atoms with E-state index in [4.69, 9.17) is 4.42 Å². The van der Waals surface area contributed by atoms with Gasteiger partial charge in [-0.1, -0.05) is 0 Å². The Labute approximate surface area is 77.3 Å². The number of aryl methyl sites for hydroxylation is 1. The topological polar surface area (TPSA) is 13.1 Å². The predicted octanol–water partition coefficient (Wildman–Crippen LogP) is 3.64. The molecule has 1 aromatic carbocycles. The zero-order chi connectivity index (χ0) is 8.72. The molecule has 0 atom stereocenters. The van der Waals surface area contributed by atoms with Crippen molar-refractivity contribution in [1.29, 1.82) is 0 Å². The molecule has 0 saturated carbocycles. The van der Waals surface area contributed by atoms with Crippen molar-refractivity contribution in [3.8, 4) is 0 Å². The van der Waals surface area contributed by atoms with Crippen LogP contribution in [0.5, 0.6) is 0 Å². The Bertz CT molecular complexity index is 433. The molecule has 2 rings (SSSR count). The van der Waals surface area contributed by atoms with Gasteiger partial charge in [0.2, 0.25) is 0 Å². The quantitative estimate of drug-likeness (QED) is 0.672. The average molecular weight is 229 g/mol. The smallest absolute Gasteiger partial charge is 0.148 e. The number of benzene rings is 1. The number of fused-ring (bicyclic) bond motifs is 1. The number of hydrogen-bond acceptors (Lipinski definition) is 1. The highest BCUT2D eigenvalue weighted by atomic mass is 79.9. The lowest BCUT2D eigenvalue weighted by Gasteiger charge is -1.92. The Kier molecular flexibility index (Phi) is 1.68. The van der Waals surface area contributed by atoms with E-state index in [1.165, 1.54) is 12.1 Å². The van der Waals surface area contributed by atoms with Gasteiger partial charge in [-0.15, -0.1) is 0 Å². The van der Waals surface area contributed by atoms with Gasteiger partial charge in [-0.2, -0.15) is 0 Å². The maximum Gasteiger partial charge on any atom is 0.148 e. The number of halogens is 2. The summed E-state index contributed by atoms with van der Waals surface area (Å²) in [5.41, 5.74) is 0.703. The molecule has 2 aromatic rings. The summed E-state index contributed by atoms with van der Waals surface area (Å²) in [5.74, 6) is 0.534. The number of rotatable bonds is 0. The molecule has 0 aliphatic carbocycles. The summed E-state index contributed by atoms with van der Waals surface area (Å²) in [6, 6.07) is 4.66. The zero-order valence-corrected chi connectivity index (χ0v) is 7.98. The third-order valence-corrected chi connectivity index (χ3v) is 2.25. The predicted molar refractivity (Wildman–Crippen MR) is 48.6 cm³/mol. The van der Waals surface area contributed by atoms with Crippen LogP contribution in [0.15, 0.2) is 27.1 Å². The van der Waals surface area contributed by atoms with E-state index in [2.05, 4.69) is 15.9 Å². The molecule has 0 radical (unpaired) electrons. The maximum absolute atomic E-state index is 12.8. The molecular weight excluding hydrogens is 223 g/mol. The van der Waals surface area contributed by atoms with Gasteiger partial charge in [0.05, 0.1) is 4.47 Å². The van der Waals surface area contributed by atoms with Gasteiger partial charge in [-0.05, 0) is 41.1 Å². The highest BCUT2D eigenvalue weighted by molar-refractivity contribution is 9.10. The van der Waals surface area contributed by atoms with Gasteiger partial charge < -0.3 is 4.42 Å². The molecule has 0 fully saturated rings. The summed E-state index contributed by atoms with van der Waals surface area (Å²) in [6.45, 7) is 1.84. The molecule has 0 N–H and O–H groups in total. The molecule has 12 heavy (non-hydrogen) atoms. The first-order valence-electron chi connectivity index (χ1n) is 3.52. The van der Waals surface area contributed by atoms with Crippen molar-refractivity contribution in [3.63, 3.8) is 0 Å². The second-order valence-electron chi connectivity index (χ2n) is 2.66. The van der Waals surface area contributed by atoms with Crippen LogP contribution in [0.3, 0.4) is 0 Å². The van der Waals surface area contributed by atoms with Crippen molar-refractivity contribution in [2.24, 2.45) is 0 Å². The van der Waals surface area contributed by atoms with Crippen LogP contribution >= 0.6 is 15.9 Å². The Balaban J connectivity index is 2.88. The molecule has 0 bridgehead atoms. The summed E-state index contributed by atoms with van der Waals surface area (Å²) >= 11 is 3.23. The molecule has 1 heterocycles. The Morgan fingerprint density at radius 3 is 2.83 bits per heavy atom. The van der Waals surface area contributed by atoms with Crippen molar-refractivity contribution >= 4 is 26.9 Å². The van der Waals surface area contributed by atoms with Crippen molar-refractivity contribution in [3.05, 3.63) is 34.2 Å². The lowest BCUT2D eigenvalue weighted by molar-refractivity contribution is 0.574. The Morgan fingerprint density at radius 2 is 2.08 bits per heavy atom. The van der Waals surface area contributed by atoms with Crippen LogP contribution in [0.4, 0.5) is 4.39 Å². The van der Waals surface area contributed by atoms with Crippen LogP contribution in [-0.2, 0) is 0 Å². The monoisotopic (exact) mass is 228 g/mol. The second-order valence-corrected chi connectivity index (χ2v) is 3.52. The first-order valence-corrected chi connectivity index (χ1v) is 4.31. The van der Waals surface area contributed by atoms with Crippen molar-refractivity contribution in [1.82, 2.24) is 0 Å². The summed E-state index contributed by atoms with van der Waals surface area (Å²) in [4.78, 5) is 0. The fraction of sp³-hybridized carbons (Fsp3) is 0.111. The third-order valence-electron chi connectivity index (χ3n) is 1.66. The standard InChI is InChI=1S/C9H6BrFO/c1-5-2-6-3-7(11)4-8(10)9(6)12-5/h2-4H,1H3.